The van der Waals surface area contributed by atoms with E-state index in [1.807, 2.05) is 17.1 Å². The van der Waals surface area contributed by atoms with Crippen molar-refractivity contribution in [2.75, 3.05) is 13.2 Å². The lowest BCUT2D eigenvalue weighted by Gasteiger charge is -2.19. The Balaban J connectivity index is 1.46. The van der Waals surface area contributed by atoms with Crippen molar-refractivity contribution in [2.45, 2.75) is 57.7 Å². The van der Waals surface area contributed by atoms with E-state index in [4.69, 9.17) is 4.74 Å². The quantitative estimate of drug-likeness (QED) is 0.792. The number of ether oxygens (including phenoxy) is 1. The zero-order chi connectivity index (χ0) is 16.1. The summed E-state index contributed by atoms with van der Waals surface area (Å²) in [5.41, 5.74) is 2.50. The van der Waals surface area contributed by atoms with E-state index in [2.05, 4.69) is 28.7 Å². The molecular weight excluding hydrogens is 292 g/mol. The van der Waals surface area contributed by atoms with Crippen LogP contribution in [0.5, 0.6) is 0 Å². The fourth-order valence-corrected chi connectivity index (χ4v) is 3.29. The molecule has 2 atom stereocenters. The normalized spacial score (nSPS) is 23.8. The van der Waals surface area contributed by atoms with Crippen molar-refractivity contribution < 1.29 is 9.53 Å². The van der Waals surface area contributed by atoms with Crippen molar-refractivity contribution >= 4 is 6.03 Å². The number of amides is 2. The first kappa shape index (κ1) is 16.1. The minimum absolute atomic E-state index is 0.00945. The molecule has 2 amide bonds. The molecule has 0 radical (unpaired) electrons. The summed E-state index contributed by atoms with van der Waals surface area (Å²) in [6.45, 7) is 4.25. The number of allylic oxidation sites excluding steroid dienone is 1. The van der Waals surface area contributed by atoms with Gasteiger partial charge in [-0.15, -0.1) is 0 Å². The first-order valence-electron chi connectivity index (χ1n) is 8.62. The number of rotatable bonds is 6. The van der Waals surface area contributed by atoms with Crippen molar-refractivity contribution in [1.82, 2.24) is 20.4 Å². The van der Waals surface area contributed by atoms with Crippen LogP contribution in [0.3, 0.4) is 0 Å². The summed E-state index contributed by atoms with van der Waals surface area (Å²) in [6, 6.07) is -0.0952. The van der Waals surface area contributed by atoms with Gasteiger partial charge in [-0.2, -0.15) is 5.10 Å². The average molecular weight is 318 g/mol. The third kappa shape index (κ3) is 4.13. The monoisotopic (exact) mass is 318 g/mol. The molecule has 0 saturated carbocycles. The average Bonchev–Trinajstić information content (AvgIpc) is 3.28. The second kappa shape index (κ2) is 7.64. The second-order valence-corrected chi connectivity index (χ2v) is 6.22. The Kier molecular flexibility index (Phi) is 5.33. The highest BCUT2D eigenvalue weighted by Gasteiger charge is 2.31. The van der Waals surface area contributed by atoms with Gasteiger partial charge < -0.3 is 15.4 Å². The Labute approximate surface area is 137 Å². The summed E-state index contributed by atoms with van der Waals surface area (Å²) in [4.78, 5) is 12.1. The van der Waals surface area contributed by atoms with Crippen LogP contribution in [-0.2, 0) is 11.3 Å². The second-order valence-electron chi connectivity index (χ2n) is 6.22. The van der Waals surface area contributed by atoms with Gasteiger partial charge in [-0.3, -0.25) is 4.68 Å². The number of urea groups is 1. The van der Waals surface area contributed by atoms with E-state index in [9.17, 15) is 4.79 Å². The van der Waals surface area contributed by atoms with E-state index in [1.165, 1.54) is 24.8 Å². The fraction of sp³-hybridized carbons (Fsp3) is 0.647. The van der Waals surface area contributed by atoms with E-state index < -0.39 is 0 Å². The predicted octanol–water partition coefficient (Wildman–Crippen LogP) is 2.53. The van der Waals surface area contributed by atoms with Crippen LogP contribution in [0.25, 0.3) is 0 Å². The van der Waals surface area contributed by atoms with E-state index in [1.54, 1.807) is 0 Å². The van der Waals surface area contributed by atoms with Crippen molar-refractivity contribution in [2.24, 2.45) is 0 Å². The minimum atomic E-state index is -0.105. The van der Waals surface area contributed by atoms with E-state index in [-0.39, 0.29) is 18.2 Å². The first-order chi connectivity index (χ1) is 11.3. The predicted molar refractivity (Wildman–Crippen MR) is 88.1 cm³/mol. The smallest absolute Gasteiger partial charge is 0.315 e. The van der Waals surface area contributed by atoms with Crippen molar-refractivity contribution in [3.05, 3.63) is 29.6 Å². The Morgan fingerprint density at radius 3 is 3.17 bits per heavy atom. The molecule has 1 aliphatic carbocycles. The molecule has 6 heteroatoms. The summed E-state index contributed by atoms with van der Waals surface area (Å²) < 4.78 is 7.67. The molecule has 0 aromatic carbocycles. The summed E-state index contributed by atoms with van der Waals surface area (Å²) in [6.07, 6.45) is 11.4. The molecule has 0 spiro atoms. The van der Waals surface area contributed by atoms with Crippen molar-refractivity contribution in [3.8, 4) is 0 Å². The molecule has 0 unspecified atom stereocenters. The van der Waals surface area contributed by atoms with Crippen LogP contribution < -0.4 is 10.6 Å². The number of hydrogen-bond donors (Lipinski definition) is 2. The van der Waals surface area contributed by atoms with Crippen LogP contribution in [0.15, 0.2) is 24.0 Å². The highest BCUT2D eigenvalue weighted by molar-refractivity contribution is 5.74. The van der Waals surface area contributed by atoms with Crippen LogP contribution in [0.4, 0.5) is 4.79 Å². The molecule has 2 aliphatic rings. The number of hydrogen-bond acceptors (Lipinski definition) is 3. The van der Waals surface area contributed by atoms with Gasteiger partial charge >= 0.3 is 6.03 Å². The highest BCUT2D eigenvalue weighted by Crippen LogP contribution is 2.28. The lowest BCUT2D eigenvalue weighted by molar-refractivity contribution is 0.0998. The van der Waals surface area contributed by atoms with Crippen molar-refractivity contribution in [3.63, 3.8) is 0 Å². The topological polar surface area (TPSA) is 68.2 Å². The van der Waals surface area contributed by atoms with Crippen LogP contribution in [0.2, 0.25) is 0 Å². The maximum atomic E-state index is 12.1. The van der Waals surface area contributed by atoms with E-state index >= 15 is 0 Å². The maximum absolute atomic E-state index is 12.1. The summed E-state index contributed by atoms with van der Waals surface area (Å²) in [7, 11) is 0. The molecule has 1 saturated heterocycles. The van der Waals surface area contributed by atoms with Crippen LogP contribution in [0, 0.1) is 0 Å². The van der Waals surface area contributed by atoms with Gasteiger partial charge in [0.05, 0.1) is 12.2 Å². The van der Waals surface area contributed by atoms with Gasteiger partial charge in [0.15, 0.2) is 0 Å². The first-order valence-corrected chi connectivity index (χ1v) is 8.62. The number of nitrogens with zero attached hydrogens (tertiary/aromatic N) is 2. The molecular formula is C17H26N4O2. The molecule has 2 N–H and O–H groups in total. The standard InChI is InChI=1S/C17H26N4O2/c1-2-21-12-14(11-19-21)16-15(8-10-23-16)20-17(22)18-9-7-13-5-3-4-6-13/h5,11-12,15-16H,2-4,6-10H2,1H3,(H2,18,20,22)/t15-,16+/m0/s1. The summed E-state index contributed by atoms with van der Waals surface area (Å²) in [5, 5.41) is 10.3. The molecule has 1 aliphatic heterocycles. The maximum Gasteiger partial charge on any atom is 0.315 e. The molecule has 2 heterocycles. The number of aromatic nitrogens is 2. The van der Waals surface area contributed by atoms with Crippen LogP contribution in [0.1, 0.15) is 50.7 Å². The van der Waals surface area contributed by atoms with Gasteiger partial charge in [-0.25, -0.2) is 4.79 Å². The largest absolute Gasteiger partial charge is 0.371 e. The minimum Gasteiger partial charge on any atom is -0.371 e. The van der Waals surface area contributed by atoms with Gasteiger partial charge in [-0.05, 0) is 39.0 Å². The van der Waals surface area contributed by atoms with Crippen LogP contribution in [-0.4, -0.2) is 35.0 Å². The molecule has 0 bridgehead atoms. The number of carbonyl (C=O) groups excluding carboxylic acids is 1. The van der Waals surface area contributed by atoms with Gasteiger partial charge in [0.1, 0.15) is 6.10 Å². The summed E-state index contributed by atoms with van der Waals surface area (Å²) in [5.74, 6) is 0. The number of nitrogens with one attached hydrogen (secondary N) is 2. The zero-order valence-corrected chi connectivity index (χ0v) is 13.8. The third-order valence-corrected chi connectivity index (χ3v) is 4.58. The lowest BCUT2D eigenvalue weighted by atomic mass is 10.1. The lowest BCUT2D eigenvalue weighted by Crippen LogP contribution is -2.43. The van der Waals surface area contributed by atoms with Gasteiger partial charge in [0.2, 0.25) is 0 Å². The Bertz CT molecular complexity index is 567. The van der Waals surface area contributed by atoms with E-state index in [0.29, 0.717) is 13.2 Å². The zero-order valence-electron chi connectivity index (χ0n) is 13.8. The fourth-order valence-electron chi connectivity index (χ4n) is 3.29. The Morgan fingerprint density at radius 1 is 1.52 bits per heavy atom. The Morgan fingerprint density at radius 2 is 2.43 bits per heavy atom. The molecule has 1 fully saturated rings. The number of carbonyl (C=O) groups is 1. The molecule has 23 heavy (non-hydrogen) atoms. The SMILES string of the molecule is CCn1cc([C@H]2OCC[C@@H]2NC(=O)NCCC2=CCCC2)cn1. The molecule has 1 aromatic rings. The summed E-state index contributed by atoms with van der Waals surface area (Å²) >= 11 is 0. The molecule has 1 aromatic heterocycles. The molecule has 3 rings (SSSR count). The van der Waals surface area contributed by atoms with E-state index in [0.717, 1.165) is 24.9 Å². The van der Waals surface area contributed by atoms with Gasteiger partial charge in [0, 0.05) is 31.5 Å². The van der Waals surface area contributed by atoms with Crippen LogP contribution >= 0.6 is 0 Å². The molecule has 6 nitrogen and oxygen atoms in total. The number of aryl methyl sites for hydroxylation is 1. The van der Waals surface area contributed by atoms with Gasteiger partial charge in [-0.1, -0.05) is 11.6 Å². The molecule has 126 valence electrons. The van der Waals surface area contributed by atoms with Gasteiger partial charge in [0.25, 0.3) is 0 Å². The van der Waals surface area contributed by atoms with Crippen molar-refractivity contribution in [1.29, 1.82) is 0 Å². The third-order valence-electron chi connectivity index (χ3n) is 4.58. The highest BCUT2D eigenvalue weighted by atomic mass is 16.5. The Hall–Kier alpha value is -1.82.